The summed E-state index contributed by atoms with van der Waals surface area (Å²) in [6, 6.07) is 14.1. The second kappa shape index (κ2) is 11.3. The second-order valence-electron chi connectivity index (χ2n) is 6.44. The molecule has 0 radical (unpaired) electrons. The van der Waals surface area contributed by atoms with Gasteiger partial charge in [-0.15, -0.1) is 0 Å². The van der Waals surface area contributed by atoms with Gasteiger partial charge in [-0.2, -0.15) is 0 Å². The number of methoxy groups -OCH3 is 1. The Balaban J connectivity index is 1.64. The smallest absolute Gasteiger partial charge is 0.161 e. The average Bonchev–Trinajstić information content (AvgIpc) is 2.68. The number of hydrogen-bond donors (Lipinski definition) is 0. The fourth-order valence-electron chi connectivity index (χ4n) is 2.58. The number of rotatable bonds is 11. The number of hydrogen-bond acceptors (Lipinski definition) is 4. The molecule has 0 bridgehead atoms. The van der Waals surface area contributed by atoms with E-state index in [1.807, 2.05) is 49.4 Å². The highest BCUT2D eigenvalue weighted by atomic mass is 16.6. The Hall–Kier alpha value is -2.46. The number of ether oxygens (including phenoxy) is 4. The largest absolute Gasteiger partial charge is 0.493 e. The van der Waals surface area contributed by atoms with Crippen LogP contribution in [0.15, 0.2) is 48.5 Å². The highest BCUT2D eigenvalue weighted by Crippen LogP contribution is 2.28. The lowest BCUT2D eigenvalue weighted by atomic mass is 10.0. The van der Waals surface area contributed by atoms with Gasteiger partial charge in [-0.05, 0) is 48.2 Å². The molecule has 0 atom stereocenters. The zero-order valence-electron chi connectivity index (χ0n) is 16.7. The van der Waals surface area contributed by atoms with Crippen LogP contribution in [-0.2, 0) is 4.74 Å². The van der Waals surface area contributed by atoms with Crippen molar-refractivity contribution in [2.75, 3.05) is 33.5 Å². The minimum absolute atomic E-state index is 0.461. The molecule has 0 heterocycles. The third kappa shape index (κ3) is 6.99. The lowest BCUT2D eigenvalue weighted by Gasteiger charge is -2.12. The zero-order valence-corrected chi connectivity index (χ0v) is 16.7. The Morgan fingerprint density at radius 1 is 0.852 bits per heavy atom. The fourth-order valence-corrected chi connectivity index (χ4v) is 2.58. The molecule has 2 aromatic carbocycles. The van der Waals surface area contributed by atoms with Gasteiger partial charge in [0.25, 0.3) is 0 Å². The first kappa shape index (κ1) is 20.8. The highest BCUT2D eigenvalue weighted by molar-refractivity contribution is 5.55. The summed E-state index contributed by atoms with van der Waals surface area (Å²) in [5.74, 6) is 2.83. The molecule has 27 heavy (non-hydrogen) atoms. The van der Waals surface area contributed by atoms with Gasteiger partial charge in [-0.1, -0.05) is 44.2 Å². The summed E-state index contributed by atoms with van der Waals surface area (Å²) >= 11 is 0. The molecule has 0 unspecified atom stereocenters. The monoisotopic (exact) mass is 370 g/mol. The minimum Gasteiger partial charge on any atom is -0.493 e. The van der Waals surface area contributed by atoms with E-state index in [2.05, 4.69) is 26.0 Å². The van der Waals surface area contributed by atoms with Gasteiger partial charge in [0.2, 0.25) is 0 Å². The zero-order chi connectivity index (χ0) is 19.5. The quantitative estimate of drug-likeness (QED) is 0.501. The number of benzene rings is 2. The number of allylic oxidation sites excluding steroid dienone is 1. The maximum absolute atomic E-state index is 5.75. The molecule has 0 aromatic heterocycles. The van der Waals surface area contributed by atoms with Crippen molar-refractivity contribution in [3.8, 4) is 17.2 Å². The first-order valence-electron chi connectivity index (χ1n) is 9.38. The van der Waals surface area contributed by atoms with Crippen LogP contribution >= 0.6 is 0 Å². The van der Waals surface area contributed by atoms with Crippen LogP contribution in [0.2, 0.25) is 0 Å². The van der Waals surface area contributed by atoms with E-state index in [0.29, 0.717) is 32.3 Å². The van der Waals surface area contributed by atoms with E-state index >= 15 is 0 Å². The Bertz CT molecular complexity index is 705. The molecule has 0 amide bonds. The van der Waals surface area contributed by atoms with E-state index in [0.717, 1.165) is 22.8 Å². The minimum atomic E-state index is 0.461. The summed E-state index contributed by atoms with van der Waals surface area (Å²) in [6.45, 7) is 8.33. The summed E-state index contributed by atoms with van der Waals surface area (Å²) in [5, 5.41) is 0. The summed E-state index contributed by atoms with van der Waals surface area (Å²) < 4.78 is 22.4. The summed E-state index contributed by atoms with van der Waals surface area (Å²) in [6.07, 6.45) is 4.01. The van der Waals surface area contributed by atoms with Gasteiger partial charge in [0.1, 0.15) is 19.0 Å². The normalized spacial score (nSPS) is 11.1. The fraction of sp³-hybridized carbons (Fsp3) is 0.391. The van der Waals surface area contributed by atoms with E-state index in [1.54, 1.807) is 7.11 Å². The maximum Gasteiger partial charge on any atom is 0.161 e. The van der Waals surface area contributed by atoms with Gasteiger partial charge in [-0.3, -0.25) is 0 Å². The molecule has 2 rings (SSSR count). The summed E-state index contributed by atoms with van der Waals surface area (Å²) in [5.41, 5.74) is 2.39. The molecule has 0 N–H and O–H groups in total. The lowest BCUT2D eigenvalue weighted by molar-refractivity contribution is 0.0757. The van der Waals surface area contributed by atoms with E-state index in [1.165, 1.54) is 5.56 Å². The van der Waals surface area contributed by atoms with Crippen molar-refractivity contribution in [3.05, 3.63) is 59.7 Å². The van der Waals surface area contributed by atoms with Crippen LogP contribution in [0.1, 0.15) is 37.8 Å². The van der Waals surface area contributed by atoms with Gasteiger partial charge < -0.3 is 18.9 Å². The lowest BCUT2D eigenvalue weighted by Crippen LogP contribution is -2.12. The summed E-state index contributed by atoms with van der Waals surface area (Å²) in [4.78, 5) is 0. The molecule has 0 aliphatic carbocycles. The third-order valence-corrected chi connectivity index (χ3v) is 4.08. The van der Waals surface area contributed by atoms with Crippen LogP contribution in [0.5, 0.6) is 17.2 Å². The molecule has 0 spiro atoms. The van der Waals surface area contributed by atoms with Gasteiger partial charge in [0, 0.05) is 0 Å². The molecule has 2 aromatic rings. The van der Waals surface area contributed by atoms with Gasteiger partial charge in [0.05, 0.1) is 20.3 Å². The van der Waals surface area contributed by atoms with Crippen molar-refractivity contribution in [2.45, 2.75) is 26.7 Å². The molecule has 0 saturated carbocycles. The Morgan fingerprint density at radius 2 is 1.56 bits per heavy atom. The van der Waals surface area contributed by atoms with Crippen LogP contribution in [0, 0.1) is 0 Å². The van der Waals surface area contributed by atoms with Crippen molar-refractivity contribution in [2.24, 2.45) is 0 Å². The first-order chi connectivity index (χ1) is 13.1. The average molecular weight is 370 g/mol. The van der Waals surface area contributed by atoms with Crippen molar-refractivity contribution in [1.82, 2.24) is 0 Å². The van der Waals surface area contributed by atoms with Gasteiger partial charge >= 0.3 is 0 Å². The first-order valence-corrected chi connectivity index (χ1v) is 9.38. The predicted octanol–water partition coefficient (Wildman–Crippen LogP) is 5.33. The van der Waals surface area contributed by atoms with Crippen LogP contribution in [0.4, 0.5) is 0 Å². The predicted molar refractivity (Wildman–Crippen MR) is 110 cm³/mol. The van der Waals surface area contributed by atoms with E-state index in [-0.39, 0.29) is 0 Å². The topological polar surface area (TPSA) is 36.9 Å². The Kier molecular flexibility index (Phi) is 8.72. The Labute approximate surface area is 162 Å². The van der Waals surface area contributed by atoms with Crippen LogP contribution < -0.4 is 14.2 Å². The van der Waals surface area contributed by atoms with Crippen LogP contribution in [0.3, 0.4) is 0 Å². The molecule has 0 saturated heterocycles. The van der Waals surface area contributed by atoms with Crippen molar-refractivity contribution in [3.63, 3.8) is 0 Å². The van der Waals surface area contributed by atoms with Crippen LogP contribution in [0.25, 0.3) is 6.08 Å². The third-order valence-electron chi connectivity index (χ3n) is 4.08. The van der Waals surface area contributed by atoms with Gasteiger partial charge in [-0.25, -0.2) is 0 Å². The van der Waals surface area contributed by atoms with E-state index < -0.39 is 0 Å². The molecule has 4 nitrogen and oxygen atoms in total. The van der Waals surface area contributed by atoms with Crippen molar-refractivity contribution >= 4 is 6.08 Å². The van der Waals surface area contributed by atoms with E-state index in [4.69, 9.17) is 18.9 Å². The SMILES string of the molecule is CC=Cc1ccc(OCCOCCOc2ccc(C(C)C)cc2)c(OC)c1. The standard InChI is InChI=1S/C23H30O4/c1-5-6-19-7-12-22(23(17-19)24-4)27-16-14-25-13-15-26-21-10-8-20(9-11-21)18(2)3/h5-12,17-18H,13-16H2,1-4H3. The van der Waals surface area contributed by atoms with Gasteiger partial charge in [0.15, 0.2) is 11.5 Å². The second-order valence-corrected chi connectivity index (χ2v) is 6.44. The highest BCUT2D eigenvalue weighted by Gasteiger charge is 2.05. The molecule has 0 fully saturated rings. The molecular formula is C23H30O4. The van der Waals surface area contributed by atoms with E-state index in [9.17, 15) is 0 Å². The molecular weight excluding hydrogens is 340 g/mol. The molecule has 0 aliphatic rings. The molecule has 146 valence electrons. The van der Waals surface area contributed by atoms with Crippen LogP contribution in [-0.4, -0.2) is 33.5 Å². The summed E-state index contributed by atoms with van der Waals surface area (Å²) in [7, 11) is 1.64. The molecule has 4 heteroatoms. The van der Waals surface area contributed by atoms with Crippen molar-refractivity contribution < 1.29 is 18.9 Å². The Morgan fingerprint density at radius 3 is 2.19 bits per heavy atom. The van der Waals surface area contributed by atoms with Crippen molar-refractivity contribution in [1.29, 1.82) is 0 Å². The molecule has 0 aliphatic heterocycles. The maximum atomic E-state index is 5.75.